The lowest BCUT2D eigenvalue weighted by atomic mass is 10.1. The maximum absolute atomic E-state index is 9.60. The van der Waals surface area contributed by atoms with Gasteiger partial charge < -0.3 is 22.1 Å². The maximum Gasteiger partial charge on any atom is 0.212 e. The van der Waals surface area contributed by atoms with Gasteiger partial charge in [0, 0.05) is 18.6 Å². The second-order valence-corrected chi connectivity index (χ2v) is 7.33. The summed E-state index contributed by atoms with van der Waals surface area (Å²) >= 11 is 0. The second-order valence-electron chi connectivity index (χ2n) is 7.33. The molecule has 0 atom stereocenters. The van der Waals surface area contributed by atoms with Crippen LogP contribution in [-0.2, 0) is 6.54 Å². The number of hydrogen-bond donors (Lipinski definition) is 1. The first-order valence-corrected chi connectivity index (χ1v) is 10.4. The fraction of sp³-hybridized carbons (Fsp3) is 0.609. The molecule has 1 heterocycles. The van der Waals surface area contributed by atoms with E-state index in [-0.39, 0.29) is 17.0 Å². The molecule has 0 bridgehead atoms. The monoisotopic (exact) mass is 421 g/mol. The smallest absolute Gasteiger partial charge is 0.212 e. The highest BCUT2D eigenvalue weighted by Crippen LogP contribution is 2.17. The van der Waals surface area contributed by atoms with Crippen molar-refractivity contribution < 1.29 is 26.7 Å². The highest BCUT2D eigenvalue weighted by atomic mass is 79.9. The number of nitrogens with zero attached hydrogens (tertiary/aromatic N) is 1. The zero-order chi connectivity index (χ0) is 17.7. The molecule has 2 aromatic rings. The largest absolute Gasteiger partial charge is 1.00 e. The molecule has 146 valence electrons. The van der Waals surface area contributed by atoms with Crippen LogP contribution in [-0.4, -0.2) is 5.11 Å². The molecule has 0 amide bonds. The molecule has 2 rings (SSSR count). The van der Waals surface area contributed by atoms with Crippen LogP contribution >= 0.6 is 0 Å². The van der Waals surface area contributed by atoms with Crippen molar-refractivity contribution in [3.63, 3.8) is 0 Å². The van der Waals surface area contributed by atoms with Crippen molar-refractivity contribution >= 4 is 10.9 Å². The van der Waals surface area contributed by atoms with Gasteiger partial charge in [0.15, 0.2) is 6.20 Å². The molecule has 0 fully saturated rings. The maximum atomic E-state index is 9.60. The first kappa shape index (κ1) is 23.0. The number of aromatic nitrogens is 1. The summed E-state index contributed by atoms with van der Waals surface area (Å²) in [5.74, 6) is 0.343. The summed E-state index contributed by atoms with van der Waals surface area (Å²) in [6.07, 6.45) is 18.8. The van der Waals surface area contributed by atoms with Crippen LogP contribution in [0.3, 0.4) is 0 Å². The standard InChI is InChI=1S/C23H35NO.BrH/c1-2-3-4-5-6-7-8-9-10-11-12-13-18-24-19-14-15-21-20-22(25)16-17-23(21)24;/h14-17,19-20H,2-13,18H2,1H3;1H. The van der Waals surface area contributed by atoms with Crippen molar-refractivity contribution in [3.8, 4) is 5.75 Å². The first-order valence-electron chi connectivity index (χ1n) is 10.4. The number of hydrogen-bond acceptors (Lipinski definition) is 1. The minimum Gasteiger partial charge on any atom is -1.00 e. The van der Waals surface area contributed by atoms with E-state index in [1.807, 2.05) is 12.1 Å². The lowest BCUT2D eigenvalue weighted by Gasteiger charge is -2.03. The Hall–Kier alpha value is -1.09. The number of benzene rings is 1. The van der Waals surface area contributed by atoms with Gasteiger partial charge in [-0.3, -0.25) is 0 Å². The van der Waals surface area contributed by atoms with Gasteiger partial charge >= 0.3 is 0 Å². The van der Waals surface area contributed by atoms with Gasteiger partial charge in [-0.2, -0.15) is 4.57 Å². The van der Waals surface area contributed by atoms with E-state index in [1.54, 1.807) is 6.07 Å². The Morgan fingerprint density at radius 3 is 1.96 bits per heavy atom. The van der Waals surface area contributed by atoms with Crippen molar-refractivity contribution in [3.05, 3.63) is 36.5 Å². The van der Waals surface area contributed by atoms with Crippen molar-refractivity contribution in [1.82, 2.24) is 0 Å². The number of phenols is 1. The highest BCUT2D eigenvalue weighted by Gasteiger charge is 2.08. The van der Waals surface area contributed by atoms with Crippen LogP contribution in [0.2, 0.25) is 0 Å². The van der Waals surface area contributed by atoms with Gasteiger partial charge in [-0.15, -0.1) is 0 Å². The summed E-state index contributed by atoms with van der Waals surface area (Å²) in [5, 5.41) is 10.7. The minimum atomic E-state index is 0. The molecule has 0 radical (unpaired) electrons. The Bertz CT molecular complexity index is 614. The summed E-state index contributed by atoms with van der Waals surface area (Å²) < 4.78 is 2.31. The van der Waals surface area contributed by atoms with Crippen molar-refractivity contribution in [2.75, 3.05) is 0 Å². The third-order valence-electron chi connectivity index (χ3n) is 5.11. The summed E-state index contributed by atoms with van der Waals surface area (Å²) in [5.41, 5.74) is 1.21. The van der Waals surface area contributed by atoms with Crippen LogP contribution in [0.25, 0.3) is 10.9 Å². The molecule has 3 heteroatoms. The van der Waals surface area contributed by atoms with Crippen LogP contribution in [0.5, 0.6) is 5.75 Å². The fourth-order valence-corrected chi connectivity index (χ4v) is 3.59. The van der Waals surface area contributed by atoms with Crippen molar-refractivity contribution in [1.29, 1.82) is 0 Å². The molecule has 1 aromatic carbocycles. The Morgan fingerprint density at radius 2 is 1.35 bits per heavy atom. The van der Waals surface area contributed by atoms with Gasteiger partial charge in [0.05, 0.1) is 5.39 Å². The van der Waals surface area contributed by atoms with Gasteiger partial charge in [0.25, 0.3) is 0 Å². The summed E-state index contributed by atoms with van der Waals surface area (Å²) in [4.78, 5) is 0. The summed E-state index contributed by atoms with van der Waals surface area (Å²) in [6.45, 7) is 3.35. The van der Waals surface area contributed by atoms with E-state index in [0.29, 0.717) is 5.75 Å². The molecular weight excluding hydrogens is 386 g/mol. The molecule has 26 heavy (non-hydrogen) atoms. The third kappa shape index (κ3) is 8.53. The van der Waals surface area contributed by atoms with E-state index in [4.69, 9.17) is 0 Å². The van der Waals surface area contributed by atoms with E-state index in [2.05, 4.69) is 29.8 Å². The van der Waals surface area contributed by atoms with E-state index in [1.165, 1.54) is 82.6 Å². The molecule has 0 aliphatic rings. The van der Waals surface area contributed by atoms with Crippen LogP contribution < -0.4 is 21.5 Å². The van der Waals surface area contributed by atoms with Crippen LogP contribution in [0.4, 0.5) is 0 Å². The molecule has 0 unspecified atom stereocenters. The number of fused-ring (bicyclic) bond motifs is 1. The molecule has 0 saturated heterocycles. The number of halogens is 1. The topological polar surface area (TPSA) is 24.1 Å². The predicted octanol–water partition coefficient (Wildman–Crippen LogP) is 3.54. The number of rotatable bonds is 13. The Kier molecular flexibility index (Phi) is 12.4. The van der Waals surface area contributed by atoms with Gasteiger partial charge in [-0.05, 0) is 24.6 Å². The molecule has 0 aliphatic carbocycles. The van der Waals surface area contributed by atoms with Gasteiger partial charge in [-0.25, -0.2) is 0 Å². The lowest BCUT2D eigenvalue weighted by Crippen LogP contribution is -3.00. The number of aryl methyl sites for hydroxylation is 1. The zero-order valence-corrected chi connectivity index (χ0v) is 18.0. The summed E-state index contributed by atoms with van der Waals surface area (Å²) in [6, 6.07) is 9.77. The predicted molar refractivity (Wildman–Crippen MR) is 107 cm³/mol. The van der Waals surface area contributed by atoms with Crippen LogP contribution in [0, 0.1) is 0 Å². The Labute approximate surface area is 170 Å². The minimum absolute atomic E-state index is 0. The van der Waals surface area contributed by atoms with Gasteiger partial charge in [0.2, 0.25) is 5.52 Å². The normalized spacial score (nSPS) is 10.8. The molecule has 0 spiro atoms. The molecule has 1 N–H and O–H groups in total. The van der Waals surface area contributed by atoms with Crippen molar-refractivity contribution in [2.24, 2.45) is 0 Å². The zero-order valence-electron chi connectivity index (χ0n) is 16.4. The molecule has 0 aliphatic heterocycles. The SMILES string of the molecule is CCCCCCCCCCCCCC[n+]1cccc2cc(O)ccc21.[Br-]. The van der Waals surface area contributed by atoms with Crippen molar-refractivity contribution in [2.45, 2.75) is 90.5 Å². The van der Waals surface area contributed by atoms with Gasteiger partial charge in [-0.1, -0.05) is 71.1 Å². The van der Waals surface area contributed by atoms with Crippen LogP contribution in [0.1, 0.15) is 84.0 Å². The Morgan fingerprint density at radius 1 is 0.769 bits per heavy atom. The van der Waals surface area contributed by atoms with E-state index in [9.17, 15) is 5.11 Å². The average Bonchev–Trinajstić information content (AvgIpc) is 2.62. The Balaban J connectivity index is 0.00000338. The fourth-order valence-electron chi connectivity index (χ4n) is 3.59. The molecular formula is C23H36BrNO. The summed E-state index contributed by atoms with van der Waals surface area (Å²) in [7, 11) is 0. The highest BCUT2D eigenvalue weighted by molar-refractivity contribution is 5.76. The number of pyridine rings is 1. The lowest BCUT2D eigenvalue weighted by molar-refractivity contribution is -0.671. The average molecular weight is 422 g/mol. The van der Waals surface area contributed by atoms with E-state index < -0.39 is 0 Å². The van der Waals surface area contributed by atoms with E-state index in [0.717, 1.165) is 11.9 Å². The molecule has 0 saturated carbocycles. The third-order valence-corrected chi connectivity index (χ3v) is 5.11. The number of unbranched alkanes of at least 4 members (excludes halogenated alkanes) is 11. The van der Waals surface area contributed by atoms with Gasteiger partial charge in [0.1, 0.15) is 12.3 Å². The number of phenolic OH excluding ortho intramolecular Hbond substituents is 1. The quantitative estimate of drug-likeness (QED) is 0.388. The molecule has 2 nitrogen and oxygen atoms in total. The first-order chi connectivity index (χ1) is 12.3. The number of aromatic hydroxyl groups is 1. The second kappa shape index (κ2) is 14.0. The van der Waals surface area contributed by atoms with Crippen LogP contribution in [0.15, 0.2) is 36.5 Å². The molecule has 1 aromatic heterocycles. The van der Waals surface area contributed by atoms with E-state index >= 15 is 0 Å².